The fourth-order valence-electron chi connectivity index (χ4n) is 2.86. The predicted octanol–water partition coefficient (Wildman–Crippen LogP) is 2.92. The summed E-state index contributed by atoms with van der Waals surface area (Å²) in [5.41, 5.74) is 1.19. The second kappa shape index (κ2) is 6.40. The van der Waals surface area contributed by atoms with Gasteiger partial charge in [0.05, 0.1) is 16.5 Å². The molecular formula is C20H14FN3O2. The molecule has 2 heterocycles. The molecular weight excluding hydrogens is 333 g/mol. The molecule has 128 valence electrons. The maximum absolute atomic E-state index is 13.7. The van der Waals surface area contributed by atoms with Crippen molar-refractivity contribution in [1.82, 2.24) is 14.7 Å². The van der Waals surface area contributed by atoms with Gasteiger partial charge in [0.15, 0.2) is 5.65 Å². The summed E-state index contributed by atoms with van der Waals surface area (Å²) in [7, 11) is 0. The molecule has 0 bridgehead atoms. The average Bonchev–Trinajstić information content (AvgIpc) is 2.67. The molecule has 0 aliphatic carbocycles. The van der Waals surface area contributed by atoms with E-state index < -0.39 is 5.91 Å². The normalized spacial score (nSPS) is 11.0. The summed E-state index contributed by atoms with van der Waals surface area (Å²) < 4.78 is 15.1. The summed E-state index contributed by atoms with van der Waals surface area (Å²) >= 11 is 0. The van der Waals surface area contributed by atoms with Crippen LogP contribution in [0, 0.1) is 5.82 Å². The van der Waals surface area contributed by atoms with Crippen molar-refractivity contribution < 1.29 is 9.18 Å². The van der Waals surface area contributed by atoms with Gasteiger partial charge in [-0.15, -0.1) is 0 Å². The highest BCUT2D eigenvalue weighted by atomic mass is 19.1. The lowest BCUT2D eigenvalue weighted by atomic mass is 10.2. The van der Waals surface area contributed by atoms with Crippen LogP contribution in [0.5, 0.6) is 0 Å². The summed E-state index contributed by atoms with van der Waals surface area (Å²) in [4.78, 5) is 29.7. The standard InChI is InChI=1S/C20H14FN3O2/c21-16-9-3-1-6-13(16)12-22-19(25)15-8-5-11-24-18(15)23-17-10-4-2-7-14(17)20(24)26/h1-11H,12H2,(H,22,25). The van der Waals surface area contributed by atoms with Crippen LogP contribution in [0.15, 0.2) is 71.7 Å². The van der Waals surface area contributed by atoms with Gasteiger partial charge in [0.1, 0.15) is 5.82 Å². The SMILES string of the molecule is O=C(NCc1ccccc1F)c1cccn2c(=O)c3ccccc3nc12. The molecule has 4 rings (SSSR count). The van der Waals surface area contributed by atoms with E-state index in [0.717, 1.165) is 0 Å². The topological polar surface area (TPSA) is 63.5 Å². The second-order valence-electron chi connectivity index (χ2n) is 5.82. The number of rotatable bonds is 3. The summed E-state index contributed by atoms with van der Waals surface area (Å²) in [5.74, 6) is -0.806. The maximum atomic E-state index is 13.7. The number of fused-ring (bicyclic) bond motifs is 2. The molecule has 6 heteroatoms. The highest BCUT2D eigenvalue weighted by Gasteiger charge is 2.14. The number of hydrogen-bond acceptors (Lipinski definition) is 3. The second-order valence-corrected chi connectivity index (χ2v) is 5.82. The van der Waals surface area contributed by atoms with Crippen molar-refractivity contribution in [2.75, 3.05) is 0 Å². The minimum atomic E-state index is -0.423. The first-order valence-electron chi connectivity index (χ1n) is 8.07. The number of hydrogen-bond donors (Lipinski definition) is 1. The Kier molecular flexibility index (Phi) is 3.93. The Morgan fingerprint density at radius 1 is 1.04 bits per heavy atom. The molecule has 0 aliphatic heterocycles. The van der Waals surface area contributed by atoms with Gasteiger partial charge in [-0.25, -0.2) is 9.37 Å². The molecule has 5 nitrogen and oxygen atoms in total. The van der Waals surface area contributed by atoms with E-state index >= 15 is 0 Å². The minimum Gasteiger partial charge on any atom is -0.348 e. The monoisotopic (exact) mass is 347 g/mol. The third-order valence-electron chi connectivity index (χ3n) is 4.19. The Labute approximate surface area is 147 Å². The Bertz CT molecular complexity index is 1200. The highest BCUT2D eigenvalue weighted by Crippen LogP contribution is 2.13. The molecule has 0 unspecified atom stereocenters. The maximum Gasteiger partial charge on any atom is 0.265 e. The van der Waals surface area contributed by atoms with Crippen LogP contribution in [0.25, 0.3) is 16.6 Å². The third kappa shape index (κ3) is 2.71. The molecule has 4 aromatic rings. The fraction of sp³-hybridized carbons (Fsp3) is 0.0500. The molecule has 0 atom stereocenters. The van der Waals surface area contributed by atoms with Gasteiger partial charge in [-0.3, -0.25) is 14.0 Å². The van der Waals surface area contributed by atoms with Gasteiger partial charge in [-0.2, -0.15) is 0 Å². The zero-order valence-electron chi connectivity index (χ0n) is 13.6. The van der Waals surface area contributed by atoms with Crippen molar-refractivity contribution in [3.8, 4) is 0 Å². The Morgan fingerprint density at radius 2 is 1.81 bits per heavy atom. The van der Waals surface area contributed by atoms with Gasteiger partial charge in [0, 0.05) is 18.3 Å². The van der Waals surface area contributed by atoms with Crippen LogP contribution in [-0.2, 0) is 6.54 Å². The molecule has 0 radical (unpaired) electrons. The number of nitrogens with zero attached hydrogens (tertiary/aromatic N) is 2. The molecule has 2 aromatic carbocycles. The van der Waals surface area contributed by atoms with E-state index in [0.29, 0.717) is 16.5 Å². The van der Waals surface area contributed by atoms with Crippen LogP contribution in [0.4, 0.5) is 4.39 Å². The summed E-state index contributed by atoms with van der Waals surface area (Å²) in [5, 5.41) is 3.16. The number of halogens is 1. The molecule has 26 heavy (non-hydrogen) atoms. The van der Waals surface area contributed by atoms with Crippen LogP contribution in [-0.4, -0.2) is 15.3 Å². The molecule has 2 aromatic heterocycles. The van der Waals surface area contributed by atoms with E-state index in [4.69, 9.17) is 0 Å². The van der Waals surface area contributed by atoms with Crippen molar-refractivity contribution >= 4 is 22.5 Å². The Balaban J connectivity index is 1.75. The number of carbonyl (C=O) groups excluding carboxylic acids is 1. The molecule has 0 spiro atoms. The highest BCUT2D eigenvalue weighted by molar-refractivity contribution is 6.00. The van der Waals surface area contributed by atoms with Gasteiger partial charge in [0.2, 0.25) is 0 Å². The average molecular weight is 347 g/mol. The number of pyridine rings is 1. The van der Waals surface area contributed by atoms with Crippen LogP contribution in [0.1, 0.15) is 15.9 Å². The lowest BCUT2D eigenvalue weighted by molar-refractivity contribution is 0.0951. The summed E-state index contributed by atoms with van der Waals surface area (Å²) in [6.07, 6.45) is 1.57. The number of aromatic nitrogens is 2. The van der Waals surface area contributed by atoms with Crippen molar-refractivity contribution in [3.05, 3.63) is 94.2 Å². The molecule has 0 fully saturated rings. The smallest absolute Gasteiger partial charge is 0.265 e. The largest absolute Gasteiger partial charge is 0.348 e. The zero-order valence-corrected chi connectivity index (χ0v) is 13.6. The number of amides is 1. The van der Waals surface area contributed by atoms with E-state index in [1.807, 2.05) is 0 Å². The van der Waals surface area contributed by atoms with E-state index in [1.165, 1.54) is 10.5 Å². The van der Waals surface area contributed by atoms with Crippen molar-refractivity contribution in [2.45, 2.75) is 6.54 Å². The fourth-order valence-corrected chi connectivity index (χ4v) is 2.86. The lowest BCUT2D eigenvalue weighted by Crippen LogP contribution is -2.26. The van der Waals surface area contributed by atoms with Gasteiger partial charge in [0.25, 0.3) is 11.5 Å². The first kappa shape index (κ1) is 16.0. The van der Waals surface area contributed by atoms with E-state index in [-0.39, 0.29) is 29.1 Å². The first-order valence-corrected chi connectivity index (χ1v) is 8.07. The number of para-hydroxylation sites is 1. The van der Waals surface area contributed by atoms with Crippen LogP contribution in [0.2, 0.25) is 0 Å². The van der Waals surface area contributed by atoms with E-state index in [2.05, 4.69) is 10.3 Å². The number of carbonyl (C=O) groups is 1. The van der Waals surface area contributed by atoms with E-state index in [1.54, 1.807) is 60.8 Å². The molecule has 0 saturated heterocycles. The van der Waals surface area contributed by atoms with Crippen molar-refractivity contribution in [3.63, 3.8) is 0 Å². The Morgan fingerprint density at radius 3 is 2.65 bits per heavy atom. The van der Waals surface area contributed by atoms with Gasteiger partial charge in [-0.05, 0) is 30.3 Å². The zero-order chi connectivity index (χ0) is 18.1. The third-order valence-corrected chi connectivity index (χ3v) is 4.19. The quantitative estimate of drug-likeness (QED) is 0.580. The van der Waals surface area contributed by atoms with Crippen LogP contribution in [0.3, 0.4) is 0 Å². The molecule has 1 N–H and O–H groups in total. The molecule has 0 saturated carbocycles. The first-order chi connectivity index (χ1) is 12.6. The summed E-state index contributed by atoms with van der Waals surface area (Å²) in [6, 6.07) is 16.4. The number of nitrogens with one attached hydrogen (secondary N) is 1. The van der Waals surface area contributed by atoms with Crippen LogP contribution >= 0.6 is 0 Å². The van der Waals surface area contributed by atoms with Gasteiger partial charge in [-0.1, -0.05) is 30.3 Å². The predicted molar refractivity (Wildman–Crippen MR) is 96.5 cm³/mol. The van der Waals surface area contributed by atoms with Crippen molar-refractivity contribution in [1.29, 1.82) is 0 Å². The van der Waals surface area contributed by atoms with Gasteiger partial charge < -0.3 is 5.32 Å². The minimum absolute atomic E-state index is 0.0460. The molecule has 0 aliphatic rings. The number of benzene rings is 2. The Hall–Kier alpha value is -3.54. The van der Waals surface area contributed by atoms with Crippen LogP contribution < -0.4 is 10.9 Å². The van der Waals surface area contributed by atoms with Gasteiger partial charge >= 0.3 is 0 Å². The lowest BCUT2D eigenvalue weighted by Gasteiger charge is -2.09. The summed E-state index contributed by atoms with van der Waals surface area (Å²) in [6.45, 7) is 0.0460. The van der Waals surface area contributed by atoms with E-state index in [9.17, 15) is 14.0 Å². The molecule has 1 amide bonds. The van der Waals surface area contributed by atoms with Crippen molar-refractivity contribution in [2.24, 2.45) is 0 Å².